The number of hydrogen-bond acceptors (Lipinski definition) is 7. The molecule has 1 N–H and O–H groups in total. The van der Waals surface area contributed by atoms with Gasteiger partial charge in [-0.25, -0.2) is 0 Å². The number of ketones is 1. The van der Waals surface area contributed by atoms with Gasteiger partial charge in [-0.1, -0.05) is 6.07 Å². The summed E-state index contributed by atoms with van der Waals surface area (Å²) in [6.07, 6.45) is 0.673. The van der Waals surface area contributed by atoms with Gasteiger partial charge in [-0.3, -0.25) is 9.59 Å². The molecule has 0 saturated carbocycles. The lowest BCUT2D eigenvalue weighted by molar-refractivity contribution is -0.139. The first-order valence-electron chi connectivity index (χ1n) is 11.6. The Hall–Kier alpha value is -3.52. The molecule has 0 aromatic heterocycles. The van der Waals surface area contributed by atoms with Gasteiger partial charge in [0.15, 0.2) is 11.5 Å². The Bertz CT molecular complexity index is 1120. The molecule has 188 valence electrons. The molecule has 2 aromatic carbocycles. The number of carbonyl (C=O) groups excluding carboxylic acids is 2. The first kappa shape index (κ1) is 26.1. The van der Waals surface area contributed by atoms with Gasteiger partial charge in [0, 0.05) is 12.1 Å². The Morgan fingerprint density at radius 2 is 1.80 bits per heavy atom. The number of carbonyl (C=O) groups is 2. The minimum absolute atomic E-state index is 0.0549. The van der Waals surface area contributed by atoms with Crippen LogP contribution in [0.25, 0.3) is 5.76 Å². The maximum absolute atomic E-state index is 13.3. The zero-order chi connectivity index (χ0) is 25.7. The molecule has 1 atom stereocenters. The molecule has 0 aliphatic carbocycles. The van der Waals surface area contributed by atoms with Crippen molar-refractivity contribution in [3.8, 4) is 17.2 Å². The van der Waals surface area contributed by atoms with Gasteiger partial charge in [0.1, 0.15) is 11.5 Å². The molecule has 0 radical (unpaired) electrons. The van der Waals surface area contributed by atoms with E-state index in [1.54, 1.807) is 43.5 Å². The lowest BCUT2D eigenvalue weighted by atomic mass is 9.93. The summed E-state index contributed by atoms with van der Waals surface area (Å²) in [6, 6.07) is 9.74. The minimum atomic E-state index is -0.761. The number of aliphatic hydroxyl groups excluding tert-OH is 1. The maximum Gasteiger partial charge on any atom is 0.295 e. The lowest BCUT2D eigenvalue weighted by Gasteiger charge is -2.26. The second-order valence-corrected chi connectivity index (χ2v) is 8.67. The fourth-order valence-corrected chi connectivity index (χ4v) is 4.32. The van der Waals surface area contributed by atoms with Crippen LogP contribution >= 0.6 is 0 Å². The molecular weight excluding hydrogens is 448 g/mol. The first-order chi connectivity index (χ1) is 16.7. The molecule has 0 spiro atoms. The van der Waals surface area contributed by atoms with Crippen molar-refractivity contribution in [1.82, 2.24) is 9.80 Å². The second kappa shape index (κ2) is 11.3. The van der Waals surface area contributed by atoms with Gasteiger partial charge in [0.25, 0.3) is 11.7 Å². The van der Waals surface area contributed by atoms with Crippen LogP contribution in [0.4, 0.5) is 0 Å². The monoisotopic (exact) mass is 482 g/mol. The van der Waals surface area contributed by atoms with E-state index in [2.05, 4.69) is 0 Å². The topological polar surface area (TPSA) is 88.5 Å². The zero-order valence-electron chi connectivity index (χ0n) is 21.3. The normalized spacial score (nSPS) is 17.2. The van der Waals surface area contributed by atoms with Crippen molar-refractivity contribution in [2.24, 2.45) is 0 Å². The molecule has 8 nitrogen and oxygen atoms in total. The highest BCUT2D eigenvalue weighted by Gasteiger charge is 2.46. The number of aliphatic hydroxyl groups is 1. The van der Waals surface area contributed by atoms with Crippen molar-refractivity contribution >= 4 is 17.4 Å². The highest BCUT2D eigenvalue weighted by atomic mass is 16.5. The van der Waals surface area contributed by atoms with Crippen LogP contribution in [0.2, 0.25) is 0 Å². The molecule has 35 heavy (non-hydrogen) atoms. The number of benzene rings is 2. The van der Waals surface area contributed by atoms with Gasteiger partial charge in [-0.2, -0.15) is 0 Å². The van der Waals surface area contributed by atoms with Crippen LogP contribution in [0.1, 0.15) is 36.1 Å². The fourth-order valence-electron chi connectivity index (χ4n) is 4.32. The summed E-state index contributed by atoms with van der Waals surface area (Å²) in [5, 5.41) is 11.4. The highest BCUT2D eigenvalue weighted by Crippen LogP contribution is 2.42. The van der Waals surface area contributed by atoms with Crippen LogP contribution in [-0.4, -0.2) is 74.6 Å². The van der Waals surface area contributed by atoms with Gasteiger partial charge >= 0.3 is 0 Å². The molecule has 1 saturated heterocycles. The number of likely N-dealkylation sites (tertiary alicyclic amines) is 1. The van der Waals surface area contributed by atoms with Crippen LogP contribution in [0.3, 0.4) is 0 Å². The van der Waals surface area contributed by atoms with E-state index < -0.39 is 17.7 Å². The molecule has 1 fully saturated rings. The smallest absolute Gasteiger partial charge is 0.295 e. The Morgan fingerprint density at radius 1 is 1.06 bits per heavy atom. The lowest BCUT2D eigenvalue weighted by Crippen LogP contribution is -2.32. The van der Waals surface area contributed by atoms with E-state index in [-0.39, 0.29) is 11.3 Å². The van der Waals surface area contributed by atoms with Crippen molar-refractivity contribution in [3.05, 3.63) is 58.7 Å². The highest BCUT2D eigenvalue weighted by molar-refractivity contribution is 6.46. The van der Waals surface area contributed by atoms with Gasteiger partial charge in [0.2, 0.25) is 0 Å². The van der Waals surface area contributed by atoms with Crippen LogP contribution in [0.15, 0.2) is 42.0 Å². The summed E-state index contributed by atoms with van der Waals surface area (Å²) >= 11 is 0. The average molecular weight is 483 g/mol. The van der Waals surface area contributed by atoms with E-state index in [0.29, 0.717) is 47.9 Å². The van der Waals surface area contributed by atoms with Crippen molar-refractivity contribution in [3.63, 3.8) is 0 Å². The number of methoxy groups -OCH3 is 2. The molecule has 1 aliphatic heterocycles. The van der Waals surface area contributed by atoms with E-state index >= 15 is 0 Å². The number of amides is 1. The third-order valence-corrected chi connectivity index (χ3v) is 6.04. The Balaban J connectivity index is 2.16. The molecular formula is C27H34N2O6. The largest absolute Gasteiger partial charge is 0.507 e. The fraction of sp³-hybridized carbons (Fsp3) is 0.407. The average Bonchev–Trinajstić information content (AvgIpc) is 3.08. The molecule has 8 heteroatoms. The van der Waals surface area contributed by atoms with E-state index in [0.717, 1.165) is 12.1 Å². The Kier molecular flexibility index (Phi) is 8.40. The van der Waals surface area contributed by atoms with Crippen LogP contribution < -0.4 is 14.2 Å². The van der Waals surface area contributed by atoms with Crippen molar-refractivity contribution in [2.75, 3.05) is 48.0 Å². The minimum Gasteiger partial charge on any atom is -0.507 e. The van der Waals surface area contributed by atoms with Gasteiger partial charge in [-0.05, 0) is 82.4 Å². The molecule has 0 bridgehead atoms. The SMILES string of the molecule is CCOc1ccc([C@@H]2C(=C(O)c3ccc(OC)cc3C)C(=O)C(=O)N2CCCN(C)C)cc1OC. The summed E-state index contributed by atoms with van der Waals surface area (Å²) in [4.78, 5) is 30.0. The molecule has 0 unspecified atom stereocenters. The van der Waals surface area contributed by atoms with Crippen LogP contribution in [0, 0.1) is 6.92 Å². The molecule has 2 aromatic rings. The predicted octanol–water partition coefficient (Wildman–Crippen LogP) is 3.78. The maximum atomic E-state index is 13.3. The number of rotatable bonds is 10. The number of nitrogens with zero attached hydrogens (tertiary/aromatic N) is 2. The number of aryl methyl sites for hydroxylation is 1. The van der Waals surface area contributed by atoms with E-state index in [9.17, 15) is 14.7 Å². The van der Waals surface area contributed by atoms with Gasteiger partial charge in [-0.15, -0.1) is 0 Å². The first-order valence-corrected chi connectivity index (χ1v) is 11.6. The Morgan fingerprint density at radius 3 is 2.40 bits per heavy atom. The standard InChI is InChI=1S/C27H34N2O6/c1-7-35-21-12-9-18(16-22(21)34-6)24-23(25(30)20-11-10-19(33-5)15-17(20)2)26(31)27(32)29(24)14-8-13-28(3)4/h9-12,15-16,24,30H,7-8,13-14H2,1-6H3/t24-/m1/s1. The van der Waals surface area contributed by atoms with Gasteiger partial charge in [0.05, 0.1) is 32.4 Å². The van der Waals surface area contributed by atoms with E-state index in [1.165, 1.54) is 12.0 Å². The van der Waals surface area contributed by atoms with Crippen LogP contribution in [-0.2, 0) is 9.59 Å². The number of hydrogen-bond donors (Lipinski definition) is 1. The Labute approximate surface area is 206 Å². The summed E-state index contributed by atoms with van der Waals surface area (Å²) < 4.78 is 16.4. The second-order valence-electron chi connectivity index (χ2n) is 8.67. The van der Waals surface area contributed by atoms with Crippen molar-refractivity contribution in [1.29, 1.82) is 0 Å². The summed E-state index contributed by atoms with van der Waals surface area (Å²) in [6.45, 7) is 5.28. The zero-order valence-corrected chi connectivity index (χ0v) is 21.3. The summed E-state index contributed by atoms with van der Waals surface area (Å²) in [5.74, 6) is 0.139. The molecule has 1 aliphatic rings. The van der Waals surface area contributed by atoms with Crippen LogP contribution in [0.5, 0.6) is 17.2 Å². The predicted molar refractivity (Wildman–Crippen MR) is 134 cm³/mol. The van der Waals surface area contributed by atoms with Crippen molar-refractivity contribution in [2.45, 2.75) is 26.3 Å². The summed E-state index contributed by atoms with van der Waals surface area (Å²) in [5.41, 5.74) is 1.91. The van der Waals surface area contributed by atoms with Crippen molar-refractivity contribution < 1.29 is 28.9 Å². The van der Waals surface area contributed by atoms with E-state index in [1.807, 2.05) is 32.8 Å². The molecule has 1 heterocycles. The number of ether oxygens (including phenoxy) is 3. The third kappa shape index (κ3) is 5.43. The summed E-state index contributed by atoms with van der Waals surface area (Å²) in [7, 11) is 7.01. The third-order valence-electron chi connectivity index (χ3n) is 6.04. The van der Waals surface area contributed by atoms with E-state index in [4.69, 9.17) is 14.2 Å². The molecule has 1 amide bonds. The molecule has 3 rings (SSSR count). The quantitative estimate of drug-likeness (QED) is 0.313. The van der Waals surface area contributed by atoms with Gasteiger partial charge < -0.3 is 29.1 Å². The number of Topliss-reactive ketones (excluding diaryl/α,β-unsaturated/α-hetero) is 1.